The van der Waals surface area contributed by atoms with E-state index >= 15 is 0 Å². The Morgan fingerprint density at radius 1 is 1.50 bits per heavy atom. The van der Waals surface area contributed by atoms with Crippen LogP contribution >= 0.6 is 0 Å². The Kier molecular flexibility index (Phi) is 2.72. The first kappa shape index (κ1) is 10.4. The Labute approximate surface area is 92.1 Å². The molecule has 6 heteroatoms. The number of methoxy groups -OCH3 is 1. The van der Waals surface area contributed by atoms with Gasteiger partial charge in [-0.25, -0.2) is 14.5 Å². The number of hydrogen-bond acceptors (Lipinski definition) is 4. The van der Waals surface area contributed by atoms with E-state index in [4.69, 9.17) is 4.74 Å². The topological polar surface area (TPSA) is 61.9 Å². The number of rotatable bonds is 3. The van der Waals surface area contributed by atoms with E-state index in [1.54, 1.807) is 26.4 Å². The molecule has 0 saturated carbocycles. The lowest BCUT2D eigenvalue weighted by molar-refractivity contribution is 0.390. The van der Waals surface area contributed by atoms with Crippen molar-refractivity contribution < 1.29 is 4.74 Å². The Morgan fingerprint density at radius 2 is 2.31 bits per heavy atom. The van der Waals surface area contributed by atoms with Gasteiger partial charge in [-0.05, 0) is 6.07 Å². The summed E-state index contributed by atoms with van der Waals surface area (Å²) in [6, 6.07) is 3.65. The molecule has 0 saturated heterocycles. The molecule has 2 heterocycles. The highest BCUT2D eigenvalue weighted by atomic mass is 16.5. The summed E-state index contributed by atoms with van der Waals surface area (Å²) in [5, 5.41) is 3.97. The van der Waals surface area contributed by atoms with Crippen molar-refractivity contribution in [2.24, 2.45) is 7.05 Å². The maximum absolute atomic E-state index is 11.6. The standard InChI is InChI=1S/C10H12N4O2/c1-13-7-12-14(10(13)15)6-8-4-3-5-11-9(8)16-2/h3-5,7H,6H2,1-2H3. The van der Waals surface area contributed by atoms with Crippen molar-refractivity contribution in [2.75, 3.05) is 7.11 Å². The highest BCUT2D eigenvalue weighted by molar-refractivity contribution is 5.25. The normalized spacial score (nSPS) is 10.4. The molecule has 0 N–H and O–H groups in total. The molecule has 0 radical (unpaired) electrons. The van der Waals surface area contributed by atoms with Crippen LogP contribution in [0.2, 0.25) is 0 Å². The summed E-state index contributed by atoms with van der Waals surface area (Å²) < 4.78 is 7.88. The van der Waals surface area contributed by atoms with Crippen LogP contribution in [-0.4, -0.2) is 26.4 Å². The minimum atomic E-state index is -0.161. The molecular weight excluding hydrogens is 208 g/mol. The summed E-state index contributed by atoms with van der Waals surface area (Å²) in [6.07, 6.45) is 3.12. The molecule has 0 aliphatic carbocycles. The third-order valence-electron chi connectivity index (χ3n) is 2.25. The Morgan fingerprint density at radius 3 is 2.94 bits per heavy atom. The molecule has 0 aromatic carbocycles. The predicted molar refractivity (Wildman–Crippen MR) is 57.4 cm³/mol. The van der Waals surface area contributed by atoms with Gasteiger partial charge in [0.1, 0.15) is 6.33 Å². The first-order chi connectivity index (χ1) is 7.72. The van der Waals surface area contributed by atoms with Crippen LogP contribution in [0.5, 0.6) is 5.88 Å². The van der Waals surface area contributed by atoms with E-state index in [0.717, 1.165) is 5.56 Å². The van der Waals surface area contributed by atoms with Crippen LogP contribution in [-0.2, 0) is 13.6 Å². The lowest BCUT2D eigenvalue weighted by Crippen LogP contribution is -2.23. The quantitative estimate of drug-likeness (QED) is 0.732. The fourth-order valence-electron chi connectivity index (χ4n) is 1.42. The molecule has 0 atom stereocenters. The molecule has 0 aliphatic rings. The van der Waals surface area contributed by atoms with Gasteiger partial charge in [-0.3, -0.25) is 4.57 Å². The van der Waals surface area contributed by atoms with Crippen LogP contribution in [0.4, 0.5) is 0 Å². The molecule has 0 unspecified atom stereocenters. The summed E-state index contributed by atoms with van der Waals surface area (Å²) >= 11 is 0. The number of ether oxygens (including phenoxy) is 1. The van der Waals surface area contributed by atoms with Gasteiger partial charge in [-0.2, -0.15) is 5.10 Å². The van der Waals surface area contributed by atoms with Crippen LogP contribution in [0, 0.1) is 0 Å². The first-order valence-electron chi connectivity index (χ1n) is 4.78. The first-order valence-corrected chi connectivity index (χ1v) is 4.78. The highest BCUT2D eigenvalue weighted by Gasteiger charge is 2.07. The zero-order chi connectivity index (χ0) is 11.5. The molecule has 0 spiro atoms. The van der Waals surface area contributed by atoms with Gasteiger partial charge in [0.05, 0.1) is 13.7 Å². The largest absolute Gasteiger partial charge is 0.481 e. The van der Waals surface area contributed by atoms with Crippen molar-refractivity contribution in [1.82, 2.24) is 19.3 Å². The Balaban J connectivity index is 2.34. The van der Waals surface area contributed by atoms with Gasteiger partial charge < -0.3 is 4.74 Å². The van der Waals surface area contributed by atoms with Crippen molar-refractivity contribution in [3.63, 3.8) is 0 Å². The lowest BCUT2D eigenvalue weighted by atomic mass is 10.3. The summed E-state index contributed by atoms with van der Waals surface area (Å²) in [6.45, 7) is 0.358. The molecule has 0 fully saturated rings. The average Bonchev–Trinajstić information content (AvgIpc) is 2.62. The third-order valence-corrected chi connectivity index (χ3v) is 2.25. The smallest absolute Gasteiger partial charge is 0.345 e. The molecule has 0 bridgehead atoms. The van der Waals surface area contributed by atoms with Crippen molar-refractivity contribution in [2.45, 2.75) is 6.54 Å². The molecule has 0 amide bonds. The number of aryl methyl sites for hydroxylation is 1. The predicted octanol–water partition coefficient (Wildman–Crippen LogP) is 0.0337. The van der Waals surface area contributed by atoms with Gasteiger partial charge in [-0.15, -0.1) is 0 Å². The van der Waals surface area contributed by atoms with E-state index in [9.17, 15) is 4.79 Å². The van der Waals surface area contributed by atoms with Gasteiger partial charge >= 0.3 is 5.69 Å². The second kappa shape index (κ2) is 4.18. The van der Waals surface area contributed by atoms with Crippen molar-refractivity contribution >= 4 is 0 Å². The van der Waals surface area contributed by atoms with E-state index in [-0.39, 0.29) is 5.69 Å². The summed E-state index contributed by atoms with van der Waals surface area (Å²) in [4.78, 5) is 15.6. The lowest BCUT2D eigenvalue weighted by Gasteiger charge is -2.05. The fraction of sp³-hybridized carbons (Fsp3) is 0.300. The monoisotopic (exact) mass is 220 g/mol. The minimum absolute atomic E-state index is 0.161. The van der Waals surface area contributed by atoms with Crippen LogP contribution in [0.25, 0.3) is 0 Å². The van der Waals surface area contributed by atoms with E-state index in [0.29, 0.717) is 12.4 Å². The van der Waals surface area contributed by atoms with Gasteiger partial charge in [0, 0.05) is 18.8 Å². The Bertz CT molecular complexity index is 544. The Hall–Kier alpha value is -2.11. The number of hydrogen-bond donors (Lipinski definition) is 0. The maximum Gasteiger partial charge on any atom is 0.345 e. The zero-order valence-corrected chi connectivity index (χ0v) is 9.12. The molecule has 0 aliphatic heterocycles. The average molecular weight is 220 g/mol. The molecule has 16 heavy (non-hydrogen) atoms. The van der Waals surface area contributed by atoms with Crippen LogP contribution in [0.15, 0.2) is 29.5 Å². The van der Waals surface area contributed by atoms with Crippen LogP contribution in [0.1, 0.15) is 5.56 Å². The van der Waals surface area contributed by atoms with Gasteiger partial charge in [-0.1, -0.05) is 6.07 Å². The van der Waals surface area contributed by atoms with Gasteiger partial charge in [0.2, 0.25) is 5.88 Å². The molecule has 2 rings (SSSR count). The molecule has 2 aromatic heterocycles. The van der Waals surface area contributed by atoms with E-state index in [1.165, 1.54) is 15.6 Å². The second-order valence-electron chi connectivity index (χ2n) is 3.35. The van der Waals surface area contributed by atoms with Crippen LogP contribution in [0.3, 0.4) is 0 Å². The number of pyridine rings is 1. The number of nitrogens with zero attached hydrogens (tertiary/aromatic N) is 4. The number of aromatic nitrogens is 4. The molecule has 2 aromatic rings. The third kappa shape index (κ3) is 1.81. The second-order valence-corrected chi connectivity index (χ2v) is 3.35. The molecule has 84 valence electrons. The zero-order valence-electron chi connectivity index (χ0n) is 9.12. The SMILES string of the molecule is COc1ncccc1Cn1ncn(C)c1=O. The van der Waals surface area contributed by atoms with Gasteiger partial charge in [0.15, 0.2) is 0 Å². The summed E-state index contributed by atoms with van der Waals surface area (Å²) in [5.74, 6) is 0.514. The fourth-order valence-corrected chi connectivity index (χ4v) is 1.42. The van der Waals surface area contributed by atoms with Crippen molar-refractivity contribution in [1.29, 1.82) is 0 Å². The highest BCUT2D eigenvalue weighted by Crippen LogP contribution is 2.13. The van der Waals surface area contributed by atoms with E-state index in [2.05, 4.69) is 10.1 Å². The van der Waals surface area contributed by atoms with Crippen molar-refractivity contribution in [3.05, 3.63) is 40.7 Å². The van der Waals surface area contributed by atoms with E-state index in [1.807, 2.05) is 6.07 Å². The van der Waals surface area contributed by atoms with Crippen molar-refractivity contribution in [3.8, 4) is 5.88 Å². The van der Waals surface area contributed by atoms with E-state index < -0.39 is 0 Å². The van der Waals surface area contributed by atoms with Gasteiger partial charge in [0.25, 0.3) is 0 Å². The molecular formula is C10H12N4O2. The summed E-state index contributed by atoms with van der Waals surface area (Å²) in [7, 11) is 3.21. The summed E-state index contributed by atoms with van der Waals surface area (Å²) in [5.41, 5.74) is 0.664. The van der Waals surface area contributed by atoms with Crippen LogP contribution < -0.4 is 10.4 Å². The molecule has 6 nitrogen and oxygen atoms in total. The maximum atomic E-state index is 11.6. The minimum Gasteiger partial charge on any atom is -0.481 e.